The van der Waals surface area contributed by atoms with Crippen LogP contribution in [0.5, 0.6) is 0 Å². The highest BCUT2D eigenvalue weighted by Gasteiger charge is 2.24. The van der Waals surface area contributed by atoms with Crippen LogP contribution in [0, 0.1) is 6.92 Å². The average molecular weight is 212 g/mol. The second kappa shape index (κ2) is 4.05. The van der Waals surface area contributed by atoms with Crippen molar-refractivity contribution in [2.45, 2.75) is 26.2 Å². The Hall–Kier alpha value is -1.70. The van der Waals surface area contributed by atoms with E-state index < -0.39 is 0 Å². The van der Waals surface area contributed by atoms with Gasteiger partial charge in [0.15, 0.2) is 0 Å². The lowest BCUT2D eigenvalue weighted by Gasteiger charge is -2.24. The molecule has 0 radical (unpaired) electrons. The Bertz CT molecular complexity index is 458. The Morgan fingerprint density at radius 2 is 1.69 bits per heavy atom. The van der Waals surface area contributed by atoms with Gasteiger partial charge in [-0.15, -0.1) is 0 Å². The molecule has 0 saturated carbocycles. The summed E-state index contributed by atoms with van der Waals surface area (Å²) >= 11 is 0. The van der Waals surface area contributed by atoms with E-state index in [9.17, 15) is 0 Å². The summed E-state index contributed by atoms with van der Waals surface area (Å²) < 4.78 is 0. The Labute approximate surface area is 96.4 Å². The fourth-order valence-corrected chi connectivity index (χ4v) is 1.75. The molecule has 0 fully saturated rings. The number of aryl methyl sites for hydroxylation is 1. The molecule has 0 amide bonds. The van der Waals surface area contributed by atoms with Gasteiger partial charge >= 0.3 is 0 Å². The van der Waals surface area contributed by atoms with Crippen LogP contribution in [0.3, 0.4) is 0 Å². The molecule has 0 spiro atoms. The molecule has 16 heavy (non-hydrogen) atoms. The highest BCUT2D eigenvalue weighted by Crippen LogP contribution is 2.29. The van der Waals surface area contributed by atoms with Crippen molar-refractivity contribution in [1.82, 2.24) is 9.97 Å². The maximum Gasteiger partial charge on any atom is 0.0503 e. The monoisotopic (exact) mass is 212 g/mol. The van der Waals surface area contributed by atoms with E-state index in [1.54, 1.807) is 0 Å². The summed E-state index contributed by atoms with van der Waals surface area (Å²) in [7, 11) is 0. The Balaban J connectivity index is 2.43. The summed E-state index contributed by atoms with van der Waals surface area (Å²) in [6.07, 6.45) is 5.56. The maximum absolute atomic E-state index is 4.51. The number of hydrogen-bond acceptors (Lipinski definition) is 2. The van der Waals surface area contributed by atoms with Gasteiger partial charge in [-0.3, -0.25) is 9.97 Å². The molecule has 0 aliphatic rings. The van der Waals surface area contributed by atoms with E-state index in [0.29, 0.717) is 0 Å². The molecular weight excluding hydrogens is 196 g/mol. The average Bonchev–Trinajstić information content (AvgIpc) is 2.31. The summed E-state index contributed by atoms with van der Waals surface area (Å²) in [4.78, 5) is 8.55. The third-order valence-electron chi connectivity index (χ3n) is 2.95. The second-order valence-corrected chi connectivity index (χ2v) is 4.58. The third kappa shape index (κ3) is 1.96. The quantitative estimate of drug-likeness (QED) is 0.764. The molecule has 0 bridgehead atoms. The van der Waals surface area contributed by atoms with E-state index >= 15 is 0 Å². The normalized spacial score (nSPS) is 11.4. The van der Waals surface area contributed by atoms with Gasteiger partial charge in [0, 0.05) is 24.0 Å². The standard InChI is InChI=1S/C14H16N2/c1-11-4-5-13(16-10-11)14(2,3)12-6-8-15-9-7-12/h4-10H,1-3H3. The van der Waals surface area contributed by atoms with Crippen LogP contribution < -0.4 is 0 Å². The smallest absolute Gasteiger partial charge is 0.0503 e. The molecule has 0 unspecified atom stereocenters. The molecular formula is C14H16N2. The highest BCUT2D eigenvalue weighted by atomic mass is 14.7. The van der Waals surface area contributed by atoms with Gasteiger partial charge < -0.3 is 0 Å². The lowest BCUT2D eigenvalue weighted by Crippen LogP contribution is -2.20. The molecule has 2 aromatic rings. The van der Waals surface area contributed by atoms with Crippen LogP contribution in [0.1, 0.15) is 30.7 Å². The van der Waals surface area contributed by atoms with Gasteiger partial charge in [-0.1, -0.05) is 19.9 Å². The molecule has 2 rings (SSSR count). The fourth-order valence-electron chi connectivity index (χ4n) is 1.75. The van der Waals surface area contributed by atoms with E-state index in [1.165, 1.54) is 11.1 Å². The molecule has 0 aromatic carbocycles. The van der Waals surface area contributed by atoms with Gasteiger partial charge in [0.05, 0.1) is 5.69 Å². The van der Waals surface area contributed by atoms with Crippen LogP contribution in [0.25, 0.3) is 0 Å². The van der Waals surface area contributed by atoms with E-state index in [4.69, 9.17) is 0 Å². The van der Waals surface area contributed by atoms with E-state index in [-0.39, 0.29) is 5.41 Å². The van der Waals surface area contributed by atoms with Crippen molar-refractivity contribution in [2.24, 2.45) is 0 Å². The van der Waals surface area contributed by atoms with Gasteiger partial charge in [0.1, 0.15) is 0 Å². The van der Waals surface area contributed by atoms with Crippen LogP contribution >= 0.6 is 0 Å². The predicted molar refractivity (Wildman–Crippen MR) is 65.3 cm³/mol. The Morgan fingerprint density at radius 1 is 1.00 bits per heavy atom. The van der Waals surface area contributed by atoms with Gasteiger partial charge in [0.25, 0.3) is 0 Å². The van der Waals surface area contributed by atoms with Gasteiger partial charge in [0.2, 0.25) is 0 Å². The second-order valence-electron chi connectivity index (χ2n) is 4.58. The van der Waals surface area contributed by atoms with Gasteiger partial charge in [-0.05, 0) is 36.2 Å². The number of hydrogen-bond donors (Lipinski definition) is 0. The summed E-state index contributed by atoms with van der Waals surface area (Å²) in [5.41, 5.74) is 3.44. The molecule has 0 atom stereocenters. The Morgan fingerprint density at radius 3 is 2.25 bits per heavy atom. The minimum atomic E-state index is -0.0728. The lowest BCUT2D eigenvalue weighted by molar-refractivity contribution is 0.615. The van der Waals surface area contributed by atoms with Crippen molar-refractivity contribution in [3.8, 4) is 0 Å². The first kappa shape index (κ1) is 10.8. The van der Waals surface area contributed by atoms with Crippen molar-refractivity contribution in [3.63, 3.8) is 0 Å². The van der Waals surface area contributed by atoms with Crippen molar-refractivity contribution in [1.29, 1.82) is 0 Å². The molecule has 0 saturated heterocycles. The van der Waals surface area contributed by atoms with E-state index in [0.717, 1.165) is 5.69 Å². The lowest BCUT2D eigenvalue weighted by atomic mass is 9.81. The van der Waals surface area contributed by atoms with E-state index in [2.05, 4.69) is 42.9 Å². The van der Waals surface area contributed by atoms with Crippen LogP contribution in [-0.2, 0) is 5.41 Å². The molecule has 0 aliphatic carbocycles. The fraction of sp³-hybridized carbons (Fsp3) is 0.286. The minimum Gasteiger partial charge on any atom is -0.265 e. The summed E-state index contributed by atoms with van der Waals surface area (Å²) in [6, 6.07) is 8.28. The largest absolute Gasteiger partial charge is 0.265 e. The first-order chi connectivity index (χ1) is 7.60. The van der Waals surface area contributed by atoms with E-state index in [1.807, 2.05) is 30.7 Å². The molecule has 0 aliphatic heterocycles. The molecule has 2 aromatic heterocycles. The Kier molecular flexibility index (Phi) is 2.73. The predicted octanol–water partition coefficient (Wildman–Crippen LogP) is 3.11. The zero-order valence-electron chi connectivity index (χ0n) is 9.94. The van der Waals surface area contributed by atoms with Crippen LogP contribution in [-0.4, -0.2) is 9.97 Å². The highest BCUT2D eigenvalue weighted by molar-refractivity contribution is 5.32. The molecule has 82 valence electrons. The first-order valence-corrected chi connectivity index (χ1v) is 5.44. The topological polar surface area (TPSA) is 25.8 Å². The molecule has 2 heterocycles. The minimum absolute atomic E-state index is 0.0728. The molecule has 2 nitrogen and oxygen atoms in total. The third-order valence-corrected chi connectivity index (χ3v) is 2.95. The van der Waals surface area contributed by atoms with Crippen LogP contribution in [0.15, 0.2) is 42.9 Å². The summed E-state index contributed by atoms with van der Waals surface area (Å²) in [5, 5.41) is 0. The van der Waals surface area contributed by atoms with Crippen LogP contribution in [0.2, 0.25) is 0 Å². The number of nitrogens with zero attached hydrogens (tertiary/aromatic N) is 2. The molecule has 0 N–H and O–H groups in total. The van der Waals surface area contributed by atoms with Crippen LogP contribution in [0.4, 0.5) is 0 Å². The summed E-state index contributed by atoms with van der Waals surface area (Å²) in [5.74, 6) is 0. The zero-order chi connectivity index (χ0) is 11.6. The van der Waals surface area contributed by atoms with Gasteiger partial charge in [-0.2, -0.15) is 0 Å². The van der Waals surface area contributed by atoms with Crippen molar-refractivity contribution in [2.75, 3.05) is 0 Å². The zero-order valence-corrected chi connectivity index (χ0v) is 9.94. The first-order valence-electron chi connectivity index (χ1n) is 5.44. The van der Waals surface area contributed by atoms with Gasteiger partial charge in [-0.25, -0.2) is 0 Å². The van der Waals surface area contributed by atoms with Crippen molar-refractivity contribution >= 4 is 0 Å². The summed E-state index contributed by atoms with van der Waals surface area (Å²) in [6.45, 7) is 6.41. The molecule has 2 heteroatoms. The number of aromatic nitrogens is 2. The van der Waals surface area contributed by atoms with Crippen molar-refractivity contribution < 1.29 is 0 Å². The van der Waals surface area contributed by atoms with Crippen molar-refractivity contribution in [3.05, 3.63) is 59.7 Å². The SMILES string of the molecule is Cc1ccc(C(C)(C)c2ccncc2)nc1. The number of rotatable bonds is 2. The maximum atomic E-state index is 4.51. The number of pyridine rings is 2.